The number of rotatable bonds is 7. The van der Waals surface area contributed by atoms with Gasteiger partial charge >= 0.3 is 5.97 Å². The summed E-state index contributed by atoms with van der Waals surface area (Å²) in [4.78, 5) is 11.2. The highest BCUT2D eigenvalue weighted by atomic mass is 32.2. The number of hydrogen-bond acceptors (Lipinski definition) is 5. The Morgan fingerprint density at radius 2 is 2.10 bits per heavy atom. The van der Waals surface area contributed by atoms with Gasteiger partial charge in [0.1, 0.15) is 0 Å². The van der Waals surface area contributed by atoms with E-state index >= 15 is 0 Å². The maximum Gasteiger partial charge on any atom is 0.337 e. The average Bonchev–Trinajstić information content (AvgIpc) is 2.38. The Balaban J connectivity index is 3.08. The number of nitrogen functional groups attached to an aromatic ring is 1. The van der Waals surface area contributed by atoms with Crippen molar-refractivity contribution in [2.75, 3.05) is 36.1 Å². The van der Waals surface area contributed by atoms with Crippen LogP contribution in [-0.4, -0.2) is 45.5 Å². The molecule has 0 radical (unpaired) electrons. The smallest absolute Gasteiger partial charge is 0.337 e. The highest BCUT2D eigenvalue weighted by Gasteiger charge is 2.23. The predicted molar refractivity (Wildman–Crippen MR) is 76.5 cm³/mol. The third-order valence-corrected chi connectivity index (χ3v) is 4.41. The molecule has 0 saturated carbocycles. The molecule has 1 rings (SSSR count). The fourth-order valence-electron chi connectivity index (χ4n) is 1.59. The maximum atomic E-state index is 12.1. The van der Waals surface area contributed by atoms with E-state index in [1.54, 1.807) is 6.92 Å². The molecule has 0 aliphatic carbocycles. The molecule has 0 amide bonds. The number of carboxylic acids is 1. The van der Waals surface area contributed by atoms with Crippen LogP contribution in [-0.2, 0) is 14.8 Å². The summed E-state index contributed by atoms with van der Waals surface area (Å²) in [7, 11) is -2.35. The standard InChI is InChI=1S/C12H18N2O5S/c1-3-19-6-7-20(17,18)14(2)11-5-4-9(13)8-10(11)12(15)16/h4-5,8H,3,6-7,13H2,1-2H3,(H,15,16). The lowest BCUT2D eigenvalue weighted by Crippen LogP contribution is -2.32. The van der Waals surface area contributed by atoms with E-state index in [1.807, 2.05) is 0 Å². The number of ether oxygens (including phenoxy) is 1. The van der Waals surface area contributed by atoms with Crippen molar-refractivity contribution in [2.24, 2.45) is 0 Å². The summed E-state index contributed by atoms with van der Waals surface area (Å²) in [6.07, 6.45) is 0. The van der Waals surface area contributed by atoms with Crippen molar-refractivity contribution >= 4 is 27.4 Å². The first-order valence-corrected chi connectivity index (χ1v) is 7.57. The average molecular weight is 302 g/mol. The summed E-state index contributed by atoms with van der Waals surface area (Å²) >= 11 is 0. The molecular formula is C12H18N2O5S. The lowest BCUT2D eigenvalue weighted by molar-refractivity contribution is 0.0698. The first-order valence-electron chi connectivity index (χ1n) is 5.96. The second kappa shape index (κ2) is 6.58. The van der Waals surface area contributed by atoms with Gasteiger partial charge in [0.15, 0.2) is 0 Å². The molecule has 8 heteroatoms. The molecule has 0 aromatic heterocycles. The number of aromatic carboxylic acids is 1. The largest absolute Gasteiger partial charge is 0.478 e. The molecule has 112 valence electrons. The van der Waals surface area contributed by atoms with Crippen LogP contribution in [0.5, 0.6) is 0 Å². The Morgan fingerprint density at radius 1 is 1.45 bits per heavy atom. The minimum Gasteiger partial charge on any atom is -0.478 e. The van der Waals surface area contributed by atoms with Gasteiger partial charge in [-0.15, -0.1) is 0 Å². The molecular weight excluding hydrogens is 284 g/mol. The monoisotopic (exact) mass is 302 g/mol. The number of carbonyl (C=O) groups is 1. The normalized spacial score (nSPS) is 11.3. The van der Waals surface area contributed by atoms with Crippen LogP contribution in [0.25, 0.3) is 0 Å². The molecule has 0 unspecified atom stereocenters. The zero-order chi connectivity index (χ0) is 15.3. The van der Waals surface area contributed by atoms with Crippen LogP contribution in [0.4, 0.5) is 11.4 Å². The third kappa shape index (κ3) is 3.84. The van der Waals surface area contributed by atoms with Crippen LogP contribution >= 0.6 is 0 Å². The first kappa shape index (κ1) is 16.3. The lowest BCUT2D eigenvalue weighted by atomic mass is 10.1. The number of hydrogen-bond donors (Lipinski definition) is 2. The van der Waals surface area contributed by atoms with E-state index in [-0.39, 0.29) is 29.3 Å². The SMILES string of the molecule is CCOCCS(=O)(=O)N(C)c1ccc(N)cc1C(=O)O. The van der Waals surface area contributed by atoms with Crippen molar-refractivity contribution in [3.63, 3.8) is 0 Å². The number of sulfonamides is 1. The van der Waals surface area contributed by atoms with Crippen molar-refractivity contribution < 1.29 is 23.1 Å². The molecule has 0 fully saturated rings. The van der Waals surface area contributed by atoms with Crippen LogP contribution < -0.4 is 10.0 Å². The Morgan fingerprint density at radius 3 is 2.65 bits per heavy atom. The zero-order valence-electron chi connectivity index (χ0n) is 11.4. The number of anilines is 2. The second-order valence-corrected chi connectivity index (χ2v) is 6.18. The molecule has 7 nitrogen and oxygen atoms in total. The number of benzene rings is 1. The van der Waals surface area contributed by atoms with Gasteiger partial charge in [-0.05, 0) is 25.1 Å². The van der Waals surface area contributed by atoms with Crippen molar-refractivity contribution in [1.29, 1.82) is 0 Å². The summed E-state index contributed by atoms with van der Waals surface area (Å²) in [6.45, 7) is 2.24. The fourth-order valence-corrected chi connectivity index (χ4v) is 2.66. The van der Waals surface area contributed by atoms with E-state index in [9.17, 15) is 13.2 Å². The molecule has 0 saturated heterocycles. The van der Waals surface area contributed by atoms with E-state index < -0.39 is 16.0 Å². The molecule has 1 aromatic rings. The predicted octanol–water partition coefficient (Wildman–Crippen LogP) is 0.770. The summed E-state index contributed by atoms with van der Waals surface area (Å²) in [6, 6.07) is 4.06. The Bertz CT molecular complexity index is 586. The fraction of sp³-hybridized carbons (Fsp3) is 0.417. The van der Waals surface area contributed by atoms with Crippen LogP contribution in [0.15, 0.2) is 18.2 Å². The first-order chi connectivity index (χ1) is 9.29. The molecule has 0 aliphatic heterocycles. The van der Waals surface area contributed by atoms with Crippen LogP contribution in [0.2, 0.25) is 0 Å². The van der Waals surface area contributed by atoms with Gasteiger partial charge in [-0.3, -0.25) is 4.31 Å². The van der Waals surface area contributed by atoms with E-state index in [1.165, 1.54) is 25.2 Å². The Labute approximate surface area is 118 Å². The molecule has 3 N–H and O–H groups in total. The van der Waals surface area contributed by atoms with Gasteiger partial charge in [-0.2, -0.15) is 0 Å². The summed E-state index contributed by atoms with van der Waals surface area (Å²) in [5, 5.41) is 9.12. The third-order valence-electron chi connectivity index (χ3n) is 2.70. The van der Waals surface area contributed by atoms with Crippen LogP contribution in [0, 0.1) is 0 Å². The van der Waals surface area contributed by atoms with Crippen molar-refractivity contribution in [3.8, 4) is 0 Å². The number of carboxylic acid groups (broad SMARTS) is 1. The van der Waals surface area contributed by atoms with Crippen LogP contribution in [0.3, 0.4) is 0 Å². The van der Waals surface area contributed by atoms with E-state index in [2.05, 4.69) is 0 Å². The molecule has 0 spiro atoms. The zero-order valence-corrected chi connectivity index (χ0v) is 12.2. The summed E-state index contributed by atoms with van der Waals surface area (Å²) in [5.41, 5.74) is 5.69. The minimum absolute atomic E-state index is 0.0561. The van der Waals surface area contributed by atoms with Gasteiger partial charge in [0, 0.05) is 19.3 Å². The van der Waals surface area contributed by atoms with E-state index in [0.717, 1.165) is 4.31 Å². The quantitative estimate of drug-likeness (QED) is 0.568. The van der Waals surface area contributed by atoms with Crippen LogP contribution in [0.1, 0.15) is 17.3 Å². The highest BCUT2D eigenvalue weighted by molar-refractivity contribution is 7.92. The van der Waals surface area contributed by atoms with Crippen molar-refractivity contribution in [2.45, 2.75) is 6.92 Å². The molecule has 1 aromatic carbocycles. The molecule has 0 heterocycles. The summed E-state index contributed by atoms with van der Waals surface area (Å²) in [5.74, 6) is -1.46. The topological polar surface area (TPSA) is 110 Å². The van der Waals surface area contributed by atoms with Gasteiger partial charge in [0.05, 0.1) is 23.6 Å². The van der Waals surface area contributed by atoms with Crippen molar-refractivity contribution in [1.82, 2.24) is 0 Å². The Hall–Kier alpha value is -1.80. The lowest BCUT2D eigenvalue weighted by Gasteiger charge is -2.21. The van der Waals surface area contributed by atoms with Gasteiger partial charge in [0.2, 0.25) is 10.0 Å². The molecule has 0 atom stereocenters. The second-order valence-electron chi connectivity index (χ2n) is 4.06. The maximum absolute atomic E-state index is 12.1. The molecule has 0 bridgehead atoms. The van der Waals surface area contributed by atoms with Crippen molar-refractivity contribution in [3.05, 3.63) is 23.8 Å². The molecule has 20 heavy (non-hydrogen) atoms. The van der Waals surface area contributed by atoms with E-state index in [0.29, 0.717) is 6.61 Å². The number of nitrogens with zero attached hydrogens (tertiary/aromatic N) is 1. The highest BCUT2D eigenvalue weighted by Crippen LogP contribution is 2.24. The Kier molecular flexibility index (Phi) is 5.34. The van der Waals surface area contributed by atoms with E-state index in [4.69, 9.17) is 15.6 Å². The van der Waals surface area contributed by atoms with Gasteiger partial charge in [0.25, 0.3) is 0 Å². The van der Waals surface area contributed by atoms with Gasteiger partial charge in [-0.25, -0.2) is 13.2 Å². The minimum atomic E-state index is -3.65. The van der Waals surface area contributed by atoms with Gasteiger partial charge in [-0.1, -0.05) is 0 Å². The molecule has 0 aliphatic rings. The van der Waals surface area contributed by atoms with Gasteiger partial charge < -0.3 is 15.6 Å². The number of nitrogens with two attached hydrogens (primary N) is 1. The summed E-state index contributed by atoms with van der Waals surface area (Å²) < 4.78 is 30.1.